The Morgan fingerprint density at radius 2 is 2.19 bits per heavy atom. The monoisotopic (exact) mass is 219 g/mol. The van der Waals surface area contributed by atoms with Crippen molar-refractivity contribution in [2.24, 2.45) is 0 Å². The third-order valence-electron chi connectivity index (χ3n) is 2.61. The van der Waals surface area contributed by atoms with E-state index in [9.17, 15) is 9.59 Å². The highest BCUT2D eigenvalue weighted by molar-refractivity contribution is 6.06. The number of anilines is 2. The van der Waals surface area contributed by atoms with Gasteiger partial charge in [0.05, 0.1) is 6.42 Å². The van der Waals surface area contributed by atoms with Crippen LogP contribution in [-0.4, -0.2) is 29.8 Å². The van der Waals surface area contributed by atoms with Crippen LogP contribution in [0.15, 0.2) is 24.3 Å². The number of hydrogen-bond donors (Lipinski definition) is 2. The van der Waals surface area contributed by atoms with Gasteiger partial charge in [-0.25, -0.2) is 0 Å². The smallest absolute Gasteiger partial charge is 0.251 e. The van der Waals surface area contributed by atoms with Gasteiger partial charge in [0.15, 0.2) is 0 Å². The molecule has 0 radical (unpaired) electrons. The van der Waals surface area contributed by atoms with E-state index in [-0.39, 0.29) is 18.2 Å². The molecule has 0 spiro atoms. The van der Waals surface area contributed by atoms with Crippen LogP contribution in [0.25, 0.3) is 0 Å². The lowest BCUT2D eigenvalue weighted by Crippen LogP contribution is -2.31. The van der Waals surface area contributed by atoms with Crippen LogP contribution in [0.3, 0.4) is 0 Å². The van der Waals surface area contributed by atoms with E-state index in [1.165, 1.54) is 7.05 Å². The van der Waals surface area contributed by atoms with Gasteiger partial charge in [0, 0.05) is 18.4 Å². The van der Waals surface area contributed by atoms with Crippen molar-refractivity contribution < 1.29 is 9.59 Å². The molecule has 3 N–H and O–H groups in total. The number of nitrogen functional groups attached to an aromatic ring is 1. The molecule has 1 fully saturated rings. The van der Waals surface area contributed by atoms with Gasteiger partial charge in [0.25, 0.3) is 5.91 Å². The normalized spacial score (nSPS) is 20.3. The summed E-state index contributed by atoms with van der Waals surface area (Å²) in [6, 6.07) is 6.63. The van der Waals surface area contributed by atoms with Gasteiger partial charge in [-0.05, 0) is 18.2 Å². The van der Waals surface area contributed by atoms with Gasteiger partial charge in [-0.3, -0.25) is 14.5 Å². The van der Waals surface area contributed by atoms with E-state index >= 15 is 0 Å². The van der Waals surface area contributed by atoms with Crippen molar-refractivity contribution in [2.75, 3.05) is 18.1 Å². The number of amides is 2. The Labute approximate surface area is 93.2 Å². The second kappa shape index (κ2) is 3.84. The standard InChI is InChI=1S/C11H13N3O2/c1-14-10(15)6-9(11(14)16)13-8-4-2-3-7(12)5-8/h2-5,9,13H,6,12H2,1H3. The highest BCUT2D eigenvalue weighted by Crippen LogP contribution is 2.18. The summed E-state index contributed by atoms with van der Waals surface area (Å²) in [6.07, 6.45) is 0.199. The lowest BCUT2D eigenvalue weighted by Gasteiger charge is -2.12. The maximum atomic E-state index is 11.6. The molecule has 2 amide bonds. The topological polar surface area (TPSA) is 75.4 Å². The fourth-order valence-electron chi connectivity index (χ4n) is 1.70. The van der Waals surface area contributed by atoms with Gasteiger partial charge in [-0.1, -0.05) is 6.07 Å². The van der Waals surface area contributed by atoms with E-state index in [4.69, 9.17) is 5.73 Å². The van der Waals surface area contributed by atoms with Crippen LogP contribution in [-0.2, 0) is 9.59 Å². The van der Waals surface area contributed by atoms with Crippen molar-refractivity contribution >= 4 is 23.2 Å². The SMILES string of the molecule is CN1C(=O)CC(Nc2cccc(N)c2)C1=O. The number of hydrogen-bond acceptors (Lipinski definition) is 4. The predicted octanol–water partition coefficient (Wildman–Crippen LogP) is 0.438. The molecule has 1 aromatic carbocycles. The van der Waals surface area contributed by atoms with Crippen LogP contribution < -0.4 is 11.1 Å². The zero-order valence-corrected chi connectivity index (χ0v) is 8.93. The van der Waals surface area contributed by atoms with Gasteiger partial charge in [-0.2, -0.15) is 0 Å². The quantitative estimate of drug-likeness (QED) is 0.559. The number of rotatable bonds is 2. The Morgan fingerprint density at radius 3 is 2.75 bits per heavy atom. The fraction of sp³-hybridized carbons (Fsp3) is 0.273. The number of nitrogens with one attached hydrogen (secondary N) is 1. The van der Waals surface area contributed by atoms with Crippen molar-refractivity contribution in [1.82, 2.24) is 4.90 Å². The maximum absolute atomic E-state index is 11.6. The van der Waals surface area contributed by atoms with E-state index in [1.54, 1.807) is 18.2 Å². The first-order valence-electron chi connectivity index (χ1n) is 5.00. The van der Waals surface area contributed by atoms with Gasteiger partial charge in [0.1, 0.15) is 6.04 Å². The maximum Gasteiger partial charge on any atom is 0.251 e. The molecule has 84 valence electrons. The van der Waals surface area contributed by atoms with Crippen LogP contribution in [0.4, 0.5) is 11.4 Å². The number of carbonyl (C=O) groups excluding carboxylic acids is 2. The molecule has 5 heteroatoms. The first-order chi connectivity index (χ1) is 7.58. The minimum atomic E-state index is -0.473. The lowest BCUT2D eigenvalue weighted by molar-refractivity contribution is -0.136. The van der Waals surface area contributed by atoms with Crippen LogP contribution in [0.5, 0.6) is 0 Å². The molecule has 1 heterocycles. The Balaban J connectivity index is 2.12. The number of nitrogens with zero attached hydrogens (tertiary/aromatic N) is 1. The molecule has 1 aliphatic heterocycles. The molecule has 2 rings (SSSR count). The number of likely N-dealkylation sites (tertiary alicyclic amines) is 1. The highest BCUT2D eigenvalue weighted by atomic mass is 16.2. The average Bonchev–Trinajstić information content (AvgIpc) is 2.47. The molecule has 0 aromatic heterocycles. The third-order valence-corrected chi connectivity index (χ3v) is 2.61. The zero-order valence-electron chi connectivity index (χ0n) is 8.93. The summed E-state index contributed by atoms with van der Waals surface area (Å²) in [5.74, 6) is -0.362. The second-order valence-electron chi connectivity index (χ2n) is 3.82. The minimum absolute atomic E-state index is 0.161. The Morgan fingerprint density at radius 1 is 1.44 bits per heavy atom. The molecule has 1 atom stereocenters. The number of likely N-dealkylation sites (N-methyl/N-ethyl adjacent to an activating group) is 1. The number of carbonyl (C=O) groups is 2. The summed E-state index contributed by atoms with van der Waals surface area (Å²) < 4.78 is 0. The Bertz CT molecular complexity index is 445. The molecule has 1 saturated heterocycles. The summed E-state index contributed by atoms with van der Waals surface area (Å²) in [5, 5.41) is 3.00. The molecule has 1 unspecified atom stereocenters. The van der Waals surface area contributed by atoms with Crippen LogP contribution >= 0.6 is 0 Å². The van der Waals surface area contributed by atoms with E-state index in [0.29, 0.717) is 5.69 Å². The molecule has 0 saturated carbocycles. The average molecular weight is 219 g/mol. The first kappa shape index (κ1) is 10.5. The molecular weight excluding hydrogens is 206 g/mol. The van der Waals surface area contributed by atoms with Crippen molar-refractivity contribution in [3.8, 4) is 0 Å². The minimum Gasteiger partial charge on any atom is -0.399 e. The number of nitrogens with two attached hydrogens (primary N) is 1. The zero-order chi connectivity index (χ0) is 11.7. The van der Waals surface area contributed by atoms with Crippen molar-refractivity contribution in [2.45, 2.75) is 12.5 Å². The summed E-state index contributed by atoms with van der Waals surface area (Å²) >= 11 is 0. The highest BCUT2D eigenvalue weighted by Gasteiger charge is 2.35. The molecule has 0 bridgehead atoms. The van der Waals surface area contributed by atoms with Crippen LogP contribution in [0.1, 0.15) is 6.42 Å². The van der Waals surface area contributed by atoms with Gasteiger partial charge < -0.3 is 11.1 Å². The Kier molecular flexibility index (Phi) is 2.52. The fourth-order valence-corrected chi connectivity index (χ4v) is 1.70. The van der Waals surface area contributed by atoms with Gasteiger partial charge in [0.2, 0.25) is 5.91 Å². The lowest BCUT2D eigenvalue weighted by atomic mass is 10.2. The van der Waals surface area contributed by atoms with E-state index in [1.807, 2.05) is 6.07 Å². The summed E-state index contributed by atoms with van der Waals surface area (Å²) in [7, 11) is 1.49. The Hall–Kier alpha value is -2.04. The second-order valence-corrected chi connectivity index (χ2v) is 3.82. The largest absolute Gasteiger partial charge is 0.399 e. The number of imide groups is 1. The van der Waals surface area contributed by atoms with Crippen LogP contribution in [0, 0.1) is 0 Å². The summed E-state index contributed by atoms with van der Waals surface area (Å²) in [6.45, 7) is 0. The number of benzene rings is 1. The molecule has 0 aliphatic carbocycles. The predicted molar refractivity (Wildman–Crippen MR) is 60.7 cm³/mol. The van der Waals surface area contributed by atoms with Crippen molar-refractivity contribution in [3.05, 3.63) is 24.3 Å². The third kappa shape index (κ3) is 1.84. The molecule has 16 heavy (non-hydrogen) atoms. The summed E-state index contributed by atoms with van der Waals surface area (Å²) in [4.78, 5) is 24.1. The van der Waals surface area contributed by atoms with Gasteiger partial charge >= 0.3 is 0 Å². The molecular formula is C11H13N3O2. The van der Waals surface area contributed by atoms with Gasteiger partial charge in [-0.15, -0.1) is 0 Å². The molecule has 5 nitrogen and oxygen atoms in total. The van der Waals surface area contributed by atoms with E-state index < -0.39 is 6.04 Å². The summed E-state index contributed by atoms with van der Waals surface area (Å²) in [5.41, 5.74) is 6.99. The van der Waals surface area contributed by atoms with Crippen molar-refractivity contribution in [3.63, 3.8) is 0 Å². The van der Waals surface area contributed by atoms with Crippen LogP contribution in [0.2, 0.25) is 0 Å². The molecule has 1 aromatic rings. The van der Waals surface area contributed by atoms with E-state index in [0.717, 1.165) is 10.6 Å². The molecule has 1 aliphatic rings. The van der Waals surface area contributed by atoms with E-state index in [2.05, 4.69) is 5.32 Å². The van der Waals surface area contributed by atoms with Crippen molar-refractivity contribution in [1.29, 1.82) is 0 Å². The first-order valence-corrected chi connectivity index (χ1v) is 5.00.